The topological polar surface area (TPSA) is 104 Å². The molecule has 3 rings (SSSR count). The van der Waals surface area contributed by atoms with Crippen molar-refractivity contribution in [3.05, 3.63) is 35.4 Å². The second kappa shape index (κ2) is 9.05. The smallest absolute Gasteiger partial charge is 0.242 e. The van der Waals surface area contributed by atoms with Crippen molar-refractivity contribution in [1.82, 2.24) is 20.1 Å². The van der Waals surface area contributed by atoms with Crippen LogP contribution in [0.3, 0.4) is 0 Å². The second-order valence-corrected chi connectivity index (χ2v) is 6.54. The highest BCUT2D eigenvalue weighted by Crippen LogP contribution is 2.28. The number of nitrogens with zero attached hydrogens (tertiary/aromatic N) is 3. The maximum Gasteiger partial charge on any atom is 0.242 e. The molecule has 1 aliphatic rings. The highest BCUT2D eigenvalue weighted by molar-refractivity contribution is 5.85. The molecule has 1 atom stereocenters. The van der Waals surface area contributed by atoms with Crippen LogP contribution in [0.5, 0.6) is 11.5 Å². The number of carbonyl (C=O) groups excluding carboxylic acids is 1. The monoisotopic (exact) mass is 395 g/mol. The van der Waals surface area contributed by atoms with E-state index in [4.69, 9.17) is 15.2 Å². The van der Waals surface area contributed by atoms with Gasteiger partial charge in [-0.15, -0.1) is 12.4 Å². The Bertz CT molecular complexity index is 789. The predicted molar refractivity (Wildman–Crippen MR) is 103 cm³/mol. The minimum atomic E-state index is -0.310. The molecule has 1 aromatic carbocycles. The first kappa shape index (κ1) is 21.0. The molecule has 1 amide bonds. The fraction of sp³-hybridized carbons (Fsp3) is 0.500. The zero-order valence-electron chi connectivity index (χ0n) is 15.8. The van der Waals surface area contributed by atoms with Crippen molar-refractivity contribution in [2.45, 2.75) is 44.8 Å². The maximum absolute atomic E-state index is 12.1. The number of hydrogen-bond donors (Lipinski definition) is 2. The van der Waals surface area contributed by atoms with Crippen molar-refractivity contribution in [3.63, 3.8) is 0 Å². The SMILES string of the molecule is COc1ccc(Cc2nc([C@@H](C)N)n(CC(=O)NC3CC3)n2)cc1OC.Cl. The number of aromatic nitrogens is 3. The summed E-state index contributed by atoms with van der Waals surface area (Å²) in [7, 11) is 3.20. The molecule has 0 aliphatic heterocycles. The van der Waals surface area contributed by atoms with E-state index in [-0.39, 0.29) is 30.9 Å². The molecular weight excluding hydrogens is 370 g/mol. The Morgan fingerprint density at radius 3 is 2.63 bits per heavy atom. The standard InChI is InChI=1S/C18H25N5O3.ClH/c1-11(19)18-21-16(22-23(18)10-17(24)20-13-5-6-13)9-12-4-7-14(25-2)15(8-12)26-3;/h4,7-8,11,13H,5-6,9-10,19H2,1-3H3,(H,20,24);1H/t11-;/m1./s1. The number of rotatable bonds is 8. The summed E-state index contributed by atoms with van der Waals surface area (Å²) in [4.78, 5) is 16.6. The fourth-order valence-corrected chi connectivity index (χ4v) is 2.74. The summed E-state index contributed by atoms with van der Waals surface area (Å²) >= 11 is 0. The van der Waals surface area contributed by atoms with E-state index in [1.807, 2.05) is 25.1 Å². The Labute approximate surface area is 164 Å². The van der Waals surface area contributed by atoms with Crippen LogP contribution in [-0.2, 0) is 17.8 Å². The molecule has 148 valence electrons. The van der Waals surface area contributed by atoms with Crippen molar-refractivity contribution < 1.29 is 14.3 Å². The van der Waals surface area contributed by atoms with Crippen LogP contribution in [0, 0.1) is 0 Å². The number of benzene rings is 1. The zero-order valence-corrected chi connectivity index (χ0v) is 16.6. The highest BCUT2D eigenvalue weighted by atomic mass is 35.5. The van der Waals surface area contributed by atoms with Crippen molar-refractivity contribution in [3.8, 4) is 11.5 Å². The van der Waals surface area contributed by atoms with Gasteiger partial charge in [0, 0.05) is 12.5 Å². The third-order valence-corrected chi connectivity index (χ3v) is 4.20. The molecule has 3 N–H and O–H groups in total. The molecule has 0 bridgehead atoms. The number of amides is 1. The average molecular weight is 396 g/mol. The fourth-order valence-electron chi connectivity index (χ4n) is 2.74. The van der Waals surface area contributed by atoms with E-state index >= 15 is 0 Å². The van der Waals surface area contributed by atoms with Crippen LogP contribution < -0.4 is 20.5 Å². The van der Waals surface area contributed by atoms with Gasteiger partial charge in [-0.2, -0.15) is 5.10 Å². The van der Waals surface area contributed by atoms with E-state index in [1.54, 1.807) is 18.9 Å². The molecule has 1 fully saturated rings. The van der Waals surface area contributed by atoms with E-state index < -0.39 is 0 Å². The second-order valence-electron chi connectivity index (χ2n) is 6.54. The molecule has 0 unspecified atom stereocenters. The lowest BCUT2D eigenvalue weighted by atomic mass is 10.1. The van der Waals surface area contributed by atoms with Gasteiger partial charge in [0.1, 0.15) is 12.4 Å². The van der Waals surface area contributed by atoms with Gasteiger partial charge >= 0.3 is 0 Å². The molecule has 8 nitrogen and oxygen atoms in total. The summed E-state index contributed by atoms with van der Waals surface area (Å²) < 4.78 is 12.2. The van der Waals surface area contributed by atoms with Crippen LogP contribution in [-0.4, -0.2) is 40.9 Å². The number of nitrogens with one attached hydrogen (secondary N) is 1. The molecule has 0 saturated heterocycles. The lowest BCUT2D eigenvalue weighted by Gasteiger charge is -2.08. The third-order valence-electron chi connectivity index (χ3n) is 4.20. The van der Waals surface area contributed by atoms with E-state index in [0.29, 0.717) is 35.6 Å². The van der Waals surface area contributed by atoms with Gasteiger partial charge < -0.3 is 20.5 Å². The summed E-state index contributed by atoms with van der Waals surface area (Å²) in [5.74, 6) is 2.48. The van der Waals surface area contributed by atoms with Crippen molar-refractivity contribution in [2.75, 3.05) is 14.2 Å². The molecule has 0 radical (unpaired) electrons. The van der Waals surface area contributed by atoms with Gasteiger partial charge in [-0.3, -0.25) is 4.79 Å². The lowest BCUT2D eigenvalue weighted by molar-refractivity contribution is -0.122. The van der Waals surface area contributed by atoms with E-state index in [0.717, 1.165) is 18.4 Å². The van der Waals surface area contributed by atoms with Crippen LogP contribution >= 0.6 is 12.4 Å². The first-order valence-electron chi connectivity index (χ1n) is 8.69. The molecule has 27 heavy (non-hydrogen) atoms. The van der Waals surface area contributed by atoms with Gasteiger partial charge in [0.25, 0.3) is 0 Å². The maximum atomic E-state index is 12.1. The van der Waals surface area contributed by atoms with Crippen molar-refractivity contribution >= 4 is 18.3 Å². The summed E-state index contributed by atoms with van der Waals surface area (Å²) in [6.07, 6.45) is 2.61. The first-order chi connectivity index (χ1) is 12.5. The molecule has 2 aromatic rings. The average Bonchev–Trinajstić information content (AvgIpc) is 3.33. The highest BCUT2D eigenvalue weighted by Gasteiger charge is 2.24. The van der Waals surface area contributed by atoms with Gasteiger partial charge in [0.05, 0.1) is 20.3 Å². The summed E-state index contributed by atoms with van der Waals surface area (Å²) in [5, 5.41) is 7.44. The van der Waals surface area contributed by atoms with E-state index in [9.17, 15) is 4.79 Å². The number of ether oxygens (including phenoxy) is 2. The Morgan fingerprint density at radius 1 is 1.33 bits per heavy atom. The van der Waals surface area contributed by atoms with Crippen LogP contribution in [0.4, 0.5) is 0 Å². The Morgan fingerprint density at radius 2 is 2.04 bits per heavy atom. The number of halogens is 1. The van der Waals surface area contributed by atoms with Gasteiger partial charge in [-0.1, -0.05) is 6.07 Å². The van der Waals surface area contributed by atoms with E-state index in [1.165, 1.54) is 0 Å². The zero-order chi connectivity index (χ0) is 18.7. The van der Waals surface area contributed by atoms with Crippen LogP contribution in [0.1, 0.15) is 43.0 Å². The van der Waals surface area contributed by atoms with Crippen LogP contribution in [0.25, 0.3) is 0 Å². The van der Waals surface area contributed by atoms with Crippen LogP contribution in [0.15, 0.2) is 18.2 Å². The largest absolute Gasteiger partial charge is 0.493 e. The van der Waals surface area contributed by atoms with Crippen molar-refractivity contribution in [1.29, 1.82) is 0 Å². The molecule has 9 heteroatoms. The number of hydrogen-bond acceptors (Lipinski definition) is 6. The first-order valence-corrected chi connectivity index (χ1v) is 8.69. The summed E-state index contributed by atoms with van der Waals surface area (Å²) in [6.45, 7) is 1.96. The van der Waals surface area contributed by atoms with E-state index in [2.05, 4.69) is 15.4 Å². The molecule has 1 heterocycles. The molecular formula is C18H26ClN5O3. The molecule has 1 aromatic heterocycles. The summed E-state index contributed by atoms with van der Waals surface area (Å²) in [5.41, 5.74) is 6.99. The van der Waals surface area contributed by atoms with Gasteiger partial charge in [0.15, 0.2) is 17.3 Å². The van der Waals surface area contributed by atoms with Crippen LogP contribution in [0.2, 0.25) is 0 Å². The normalized spacial score (nSPS) is 14.2. The minimum absolute atomic E-state index is 0. The van der Waals surface area contributed by atoms with Gasteiger partial charge in [0.2, 0.25) is 5.91 Å². The molecule has 1 aliphatic carbocycles. The molecule has 0 spiro atoms. The van der Waals surface area contributed by atoms with Gasteiger partial charge in [-0.25, -0.2) is 9.67 Å². The minimum Gasteiger partial charge on any atom is -0.493 e. The summed E-state index contributed by atoms with van der Waals surface area (Å²) in [6, 6.07) is 5.69. The van der Waals surface area contributed by atoms with Crippen molar-refractivity contribution in [2.24, 2.45) is 5.73 Å². The number of carbonyl (C=O) groups is 1. The number of nitrogens with two attached hydrogens (primary N) is 1. The Hall–Kier alpha value is -2.32. The van der Waals surface area contributed by atoms with Gasteiger partial charge in [-0.05, 0) is 37.5 Å². The quantitative estimate of drug-likeness (QED) is 0.703. The molecule has 1 saturated carbocycles. The Balaban J connectivity index is 0.00000261. The number of methoxy groups -OCH3 is 2. The Kier molecular flexibility index (Phi) is 7.04. The third kappa shape index (κ3) is 5.33. The predicted octanol–water partition coefficient (Wildman–Crippen LogP) is 1.61. The lowest BCUT2D eigenvalue weighted by Crippen LogP contribution is -2.31.